The third-order valence-electron chi connectivity index (χ3n) is 2.82. The van der Waals surface area contributed by atoms with Crippen molar-refractivity contribution in [1.29, 1.82) is 5.41 Å². The first-order chi connectivity index (χ1) is 10.3. The van der Waals surface area contributed by atoms with Crippen molar-refractivity contribution in [3.63, 3.8) is 0 Å². The van der Waals surface area contributed by atoms with Gasteiger partial charge in [0.25, 0.3) is 0 Å². The Bertz CT molecular complexity index is 588. The number of anilines is 1. The van der Waals surface area contributed by atoms with Crippen LogP contribution in [-0.4, -0.2) is 57.4 Å². The Morgan fingerprint density at radius 1 is 1.18 bits per heavy atom. The highest BCUT2D eigenvalue weighted by Crippen LogP contribution is 2.49. The average Bonchev–Trinajstić information content (AvgIpc) is 2.46. The van der Waals surface area contributed by atoms with Crippen LogP contribution in [0.3, 0.4) is 0 Å². The number of aromatic hydroxyl groups is 1. The molecule has 1 rings (SSSR count). The van der Waals surface area contributed by atoms with Crippen LogP contribution in [0.5, 0.6) is 23.0 Å². The predicted molar refractivity (Wildman–Crippen MR) is 81.2 cm³/mol. The molecule has 1 aromatic carbocycles. The minimum absolute atomic E-state index is 0.00361. The number of guanidine groups is 1. The summed E-state index contributed by atoms with van der Waals surface area (Å²) in [7, 11) is 7.03. The number of carbonyl (C=O) groups excluding carboxylic acids is 1. The van der Waals surface area contributed by atoms with Gasteiger partial charge in [0.1, 0.15) is 5.69 Å². The highest BCUT2D eigenvalue weighted by Gasteiger charge is 2.31. The van der Waals surface area contributed by atoms with E-state index in [1.165, 1.54) is 46.4 Å². The molecule has 0 aliphatic heterocycles. The van der Waals surface area contributed by atoms with Crippen molar-refractivity contribution in [3.8, 4) is 23.0 Å². The summed E-state index contributed by atoms with van der Waals surface area (Å²) in [5.41, 5.74) is 5.59. The van der Waals surface area contributed by atoms with E-state index in [1.807, 2.05) is 0 Å². The molecule has 1 aromatic rings. The van der Waals surface area contributed by atoms with Gasteiger partial charge in [-0.25, -0.2) is 9.69 Å². The number of benzene rings is 1. The summed E-state index contributed by atoms with van der Waals surface area (Å²) in [6, 6.07) is 0.659. The van der Waals surface area contributed by atoms with Crippen molar-refractivity contribution in [3.05, 3.63) is 6.07 Å². The molecule has 0 atom stereocenters. The third-order valence-corrected chi connectivity index (χ3v) is 2.82. The van der Waals surface area contributed by atoms with Crippen molar-refractivity contribution in [2.45, 2.75) is 0 Å². The number of hydrogen-bond acceptors (Lipinski definition) is 6. The molecule has 0 spiro atoms. The Labute approximate surface area is 128 Å². The summed E-state index contributed by atoms with van der Waals surface area (Å²) in [5, 5.41) is 17.6. The lowest BCUT2D eigenvalue weighted by Crippen LogP contribution is -2.47. The van der Waals surface area contributed by atoms with Gasteiger partial charge in [-0.3, -0.25) is 5.41 Å². The van der Waals surface area contributed by atoms with Gasteiger partial charge in [0.15, 0.2) is 17.2 Å². The van der Waals surface area contributed by atoms with Crippen molar-refractivity contribution in [1.82, 2.24) is 4.90 Å². The first-order valence-corrected chi connectivity index (χ1v) is 6.17. The highest BCUT2D eigenvalue weighted by atomic mass is 16.5. The Balaban J connectivity index is 3.73. The Morgan fingerprint density at radius 2 is 1.73 bits per heavy atom. The Morgan fingerprint density at radius 3 is 2.09 bits per heavy atom. The molecular formula is C13H20N4O5. The fourth-order valence-corrected chi connectivity index (χ4v) is 1.87. The second-order valence-corrected chi connectivity index (χ2v) is 4.41. The number of phenolic OH excluding ortho intramolecular Hbond substituents is 1. The lowest BCUT2D eigenvalue weighted by atomic mass is 10.2. The molecule has 122 valence electrons. The number of nitrogens with two attached hydrogens (primary N) is 1. The molecule has 0 saturated heterocycles. The van der Waals surface area contributed by atoms with Crippen LogP contribution in [0.1, 0.15) is 0 Å². The maximum atomic E-state index is 12.3. The summed E-state index contributed by atoms with van der Waals surface area (Å²) in [6.45, 7) is 0. The van der Waals surface area contributed by atoms with E-state index in [4.69, 9.17) is 25.4 Å². The summed E-state index contributed by atoms with van der Waals surface area (Å²) >= 11 is 0. The average molecular weight is 312 g/mol. The van der Waals surface area contributed by atoms with Crippen LogP contribution < -0.4 is 24.8 Å². The summed E-state index contributed by atoms with van der Waals surface area (Å²) in [4.78, 5) is 14.4. The van der Waals surface area contributed by atoms with Crippen LogP contribution in [0.2, 0.25) is 0 Å². The van der Waals surface area contributed by atoms with Gasteiger partial charge in [0.05, 0.1) is 21.3 Å². The molecule has 9 nitrogen and oxygen atoms in total. The Hall–Kier alpha value is -2.84. The molecule has 0 bridgehead atoms. The first kappa shape index (κ1) is 17.2. The first-order valence-electron chi connectivity index (χ1n) is 6.17. The van der Waals surface area contributed by atoms with Crippen molar-refractivity contribution in [2.24, 2.45) is 5.73 Å². The maximum absolute atomic E-state index is 12.3. The quantitative estimate of drug-likeness (QED) is 0.558. The third kappa shape index (κ3) is 2.92. The standard InChI is InChI=1S/C13H20N4O5/c1-16(2)13(19)17(12(14)15)9-8(20-3)6-7(18)10(21-4)11(9)22-5/h6,18H,1-5H3,(H3,14,15). The maximum Gasteiger partial charge on any atom is 0.331 e. The second-order valence-electron chi connectivity index (χ2n) is 4.41. The van der Waals surface area contributed by atoms with Gasteiger partial charge in [0, 0.05) is 20.2 Å². The number of methoxy groups -OCH3 is 3. The van der Waals surface area contributed by atoms with Crippen LogP contribution in [-0.2, 0) is 0 Å². The van der Waals surface area contributed by atoms with E-state index in [0.29, 0.717) is 0 Å². The fraction of sp³-hybridized carbons (Fsp3) is 0.385. The molecule has 2 amide bonds. The van der Waals surface area contributed by atoms with Crippen LogP contribution in [0.4, 0.5) is 10.5 Å². The van der Waals surface area contributed by atoms with E-state index in [0.717, 1.165) is 4.90 Å². The van der Waals surface area contributed by atoms with Gasteiger partial charge in [-0.05, 0) is 0 Å². The molecule has 0 aliphatic rings. The van der Waals surface area contributed by atoms with E-state index in [9.17, 15) is 9.90 Å². The van der Waals surface area contributed by atoms with Gasteiger partial charge in [-0.2, -0.15) is 0 Å². The van der Waals surface area contributed by atoms with Gasteiger partial charge < -0.3 is 30.0 Å². The summed E-state index contributed by atoms with van der Waals surface area (Å²) in [6.07, 6.45) is 0. The monoisotopic (exact) mass is 312 g/mol. The molecule has 0 radical (unpaired) electrons. The summed E-state index contributed by atoms with van der Waals surface area (Å²) in [5.74, 6) is -0.662. The normalized spacial score (nSPS) is 9.86. The molecule has 9 heteroatoms. The lowest BCUT2D eigenvalue weighted by Gasteiger charge is -2.28. The molecule has 0 heterocycles. The lowest BCUT2D eigenvalue weighted by molar-refractivity contribution is 0.226. The zero-order chi connectivity index (χ0) is 17.0. The molecule has 0 aromatic heterocycles. The van der Waals surface area contributed by atoms with Gasteiger partial charge in [-0.1, -0.05) is 0 Å². The Kier molecular flexibility index (Phi) is 5.28. The van der Waals surface area contributed by atoms with Gasteiger partial charge >= 0.3 is 6.03 Å². The van der Waals surface area contributed by atoms with E-state index in [-0.39, 0.29) is 28.7 Å². The molecule has 0 aliphatic carbocycles. The minimum atomic E-state index is -0.586. The smallest absolute Gasteiger partial charge is 0.331 e. The zero-order valence-electron chi connectivity index (χ0n) is 13.1. The number of rotatable bonds is 4. The number of phenols is 1. The number of amides is 2. The number of carbonyl (C=O) groups is 1. The zero-order valence-corrected chi connectivity index (χ0v) is 13.1. The molecule has 4 N–H and O–H groups in total. The van der Waals surface area contributed by atoms with E-state index in [2.05, 4.69) is 0 Å². The number of nitrogens with zero attached hydrogens (tertiary/aromatic N) is 2. The van der Waals surface area contributed by atoms with Crippen LogP contribution >= 0.6 is 0 Å². The number of urea groups is 1. The van der Waals surface area contributed by atoms with Crippen molar-refractivity contribution >= 4 is 17.7 Å². The molecule has 22 heavy (non-hydrogen) atoms. The summed E-state index contributed by atoms with van der Waals surface area (Å²) < 4.78 is 15.5. The molecule has 0 unspecified atom stereocenters. The molecular weight excluding hydrogens is 292 g/mol. The van der Waals surface area contributed by atoms with Crippen LogP contribution in [0, 0.1) is 5.41 Å². The van der Waals surface area contributed by atoms with Crippen LogP contribution in [0.15, 0.2) is 6.07 Å². The molecule has 0 fully saturated rings. The van der Waals surface area contributed by atoms with E-state index in [1.54, 1.807) is 0 Å². The SMILES string of the molecule is COc1cc(O)c(OC)c(OC)c1N(C(=N)N)C(=O)N(C)C. The number of ether oxygens (including phenoxy) is 3. The van der Waals surface area contributed by atoms with Gasteiger partial charge in [0.2, 0.25) is 11.7 Å². The highest BCUT2D eigenvalue weighted by molar-refractivity contribution is 6.16. The van der Waals surface area contributed by atoms with Gasteiger partial charge in [-0.15, -0.1) is 0 Å². The van der Waals surface area contributed by atoms with Crippen molar-refractivity contribution < 1.29 is 24.1 Å². The topological polar surface area (TPSA) is 121 Å². The molecule has 0 saturated carbocycles. The predicted octanol–water partition coefficient (Wildman–Crippen LogP) is 0.799. The minimum Gasteiger partial charge on any atom is -0.504 e. The fourth-order valence-electron chi connectivity index (χ4n) is 1.87. The number of hydrogen-bond donors (Lipinski definition) is 3. The van der Waals surface area contributed by atoms with Crippen molar-refractivity contribution in [2.75, 3.05) is 40.3 Å². The second kappa shape index (κ2) is 6.74. The van der Waals surface area contributed by atoms with E-state index < -0.39 is 12.0 Å². The largest absolute Gasteiger partial charge is 0.504 e. The number of nitrogens with one attached hydrogen (secondary N) is 1. The van der Waals surface area contributed by atoms with Crippen LogP contribution in [0.25, 0.3) is 0 Å². The van der Waals surface area contributed by atoms with E-state index >= 15 is 0 Å².